The number of rotatable bonds is 1. The highest BCUT2D eigenvalue weighted by atomic mass is 16.6. The number of hydrogen-bond donors (Lipinski definition) is 0. The van der Waals surface area contributed by atoms with E-state index in [4.69, 9.17) is 9.47 Å². The fraction of sp³-hybridized carbons (Fsp3) is 1.00. The molecule has 2 heteroatoms. The first-order chi connectivity index (χ1) is 4.90. The minimum atomic E-state index is 0.470. The molecule has 2 saturated heterocycles. The van der Waals surface area contributed by atoms with Crippen LogP contribution in [-0.4, -0.2) is 24.9 Å². The van der Waals surface area contributed by atoms with E-state index in [1.165, 1.54) is 0 Å². The minimum absolute atomic E-state index is 0.470. The van der Waals surface area contributed by atoms with Crippen molar-refractivity contribution < 1.29 is 9.47 Å². The molecular formula is C8H14O2. The van der Waals surface area contributed by atoms with Gasteiger partial charge in [0.1, 0.15) is 0 Å². The Kier molecular flexibility index (Phi) is 1.66. The molecule has 0 N–H and O–H groups in total. The Bertz CT molecular complexity index is 124. The maximum atomic E-state index is 5.57. The van der Waals surface area contributed by atoms with E-state index in [0.29, 0.717) is 18.3 Å². The summed E-state index contributed by atoms with van der Waals surface area (Å²) in [6.07, 6.45) is 4.94. The van der Waals surface area contributed by atoms with Crippen LogP contribution < -0.4 is 0 Å². The normalized spacial score (nSPS) is 45.9. The van der Waals surface area contributed by atoms with Crippen molar-refractivity contribution in [1.29, 1.82) is 0 Å². The molecule has 0 aromatic rings. The summed E-state index contributed by atoms with van der Waals surface area (Å²) in [6.45, 7) is 3.08. The lowest BCUT2D eigenvalue weighted by Gasteiger charge is -2.11. The molecule has 0 aliphatic carbocycles. The monoisotopic (exact) mass is 142 g/mol. The van der Waals surface area contributed by atoms with Crippen LogP contribution in [0.5, 0.6) is 0 Å². The summed E-state index contributed by atoms with van der Waals surface area (Å²) in [5.41, 5.74) is 0. The zero-order valence-corrected chi connectivity index (χ0v) is 6.38. The van der Waals surface area contributed by atoms with Crippen molar-refractivity contribution in [3.05, 3.63) is 0 Å². The summed E-state index contributed by atoms with van der Waals surface area (Å²) in [6, 6.07) is 0. The van der Waals surface area contributed by atoms with Crippen molar-refractivity contribution in [2.45, 2.75) is 44.5 Å². The van der Waals surface area contributed by atoms with Crippen LogP contribution >= 0.6 is 0 Å². The lowest BCUT2D eigenvalue weighted by atomic mass is 10.1. The van der Waals surface area contributed by atoms with Crippen molar-refractivity contribution in [2.24, 2.45) is 0 Å². The van der Waals surface area contributed by atoms with Crippen LogP contribution in [0.4, 0.5) is 0 Å². The number of ether oxygens (including phenoxy) is 2. The predicted molar refractivity (Wildman–Crippen MR) is 37.9 cm³/mol. The van der Waals surface area contributed by atoms with Crippen molar-refractivity contribution in [2.75, 3.05) is 6.61 Å². The van der Waals surface area contributed by atoms with Gasteiger partial charge in [0.2, 0.25) is 0 Å². The van der Waals surface area contributed by atoms with E-state index in [0.717, 1.165) is 25.9 Å². The molecule has 10 heavy (non-hydrogen) atoms. The fourth-order valence-electron chi connectivity index (χ4n) is 1.60. The van der Waals surface area contributed by atoms with Crippen LogP contribution in [0.2, 0.25) is 0 Å². The Hall–Kier alpha value is -0.0800. The summed E-state index contributed by atoms with van der Waals surface area (Å²) in [5, 5.41) is 0. The third-order valence-corrected chi connectivity index (χ3v) is 2.39. The maximum absolute atomic E-state index is 5.57. The van der Waals surface area contributed by atoms with Gasteiger partial charge in [0, 0.05) is 13.0 Å². The molecular weight excluding hydrogens is 128 g/mol. The second kappa shape index (κ2) is 2.51. The molecule has 2 fully saturated rings. The second-order valence-electron chi connectivity index (χ2n) is 3.14. The third kappa shape index (κ3) is 1.18. The predicted octanol–water partition coefficient (Wildman–Crippen LogP) is 1.34. The highest BCUT2D eigenvalue weighted by Crippen LogP contribution is 2.33. The summed E-state index contributed by atoms with van der Waals surface area (Å²) in [7, 11) is 0. The van der Waals surface area contributed by atoms with E-state index >= 15 is 0 Å². The zero-order chi connectivity index (χ0) is 6.97. The van der Waals surface area contributed by atoms with Gasteiger partial charge in [0.05, 0.1) is 18.3 Å². The summed E-state index contributed by atoms with van der Waals surface area (Å²) in [4.78, 5) is 0. The van der Waals surface area contributed by atoms with Gasteiger partial charge in [-0.3, -0.25) is 0 Å². The molecule has 0 saturated carbocycles. The molecule has 0 aromatic heterocycles. The van der Waals surface area contributed by atoms with E-state index < -0.39 is 0 Å². The lowest BCUT2D eigenvalue weighted by molar-refractivity contribution is 0.0368. The fourth-order valence-corrected chi connectivity index (χ4v) is 1.60. The average Bonchev–Trinajstić information content (AvgIpc) is 2.61. The molecule has 3 atom stereocenters. The molecule has 0 unspecified atom stereocenters. The first-order valence-corrected chi connectivity index (χ1v) is 4.17. The molecule has 58 valence electrons. The first-order valence-electron chi connectivity index (χ1n) is 4.17. The van der Waals surface area contributed by atoms with Gasteiger partial charge in [0.25, 0.3) is 0 Å². The van der Waals surface area contributed by atoms with Gasteiger partial charge >= 0.3 is 0 Å². The van der Waals surface area contributed by atoms with Crippen LogP contribution in [0.1, 0.15) is 26.2 Å². The molecule has 0 radical (unpaired) electrons. The summed E-state index contributed by atoms with van der Waals surface area (Å²) < 4.78 is 11.0. The van der Waals surface area contributed by atoms with Crippen LogP contribution in [0.3, 0.4) is 0 Å². The number of hydrogen-bond acceptors (Lipinski definition) is 2. The molecule has 0 amide bonds. The van der Waals surface area contributed by atoms with Gasteiger partial charge in [-0.2, -0.15) is 0 Å². The van der Waals surface area contributed by atoms with E-state index in [2.05, 4.69) is 6.92 Å². The van der Waals surface area contributed by atoms with Gasteiger partial charge in [0.15, 0.2) is 0 Å². The van der Waals surface area contributed by atoms with E-state index in [1.54, 1.807) is 0 Å². The van der Waals surface area contributed by atoms with Gasteiger partial charge in [-0.1, -0.05) is 6.92 Å². The Balaban J connectivity index is 1.88. The summed E-state index contributed by atoms with van der Waals surface area (Å²) >= 11 is 0. The molecule has 2 nitrogen and oxygen atoms in total. The minimum Gasteiger partial charge on any atom is -0.378 e. The Morgan fingerprint density at radius 2 is 2.30 bits per heavy atom. The Morgan fingerprint density at radius 3 is 3.10 bits per heavy atom. The summed E-state index contributed by atoms with van der Waals surface area (Å²) in [5.74, 6) is 0. The molecule has 2 heterocycles. The highest BCUT2D eigenvalue weighted by Gasteiger charge is 2.41. The van der Waals surface area contributed by atoms with Crippen LogP contribution in [0, 0.1) is 0 Å². The zero-order valence-electron chi connectivity index (χ0n) is 6.38. The van der Waals surface area contributed by atoms with Crippen molar-refractivity contribution in [3.63, 3.8) is 0 Å². The smallest absolute Gasteiger partial charge is 0.0867 e. The van der Waals surface area contributed by atoms with E-state index in [-0.39, 0.29) is 0 Å². The van der Waals surface area contributed by atoms with Crippen LogP contribution in [-0.2, 0) is 9.47 Å². The molecule has 2 rings (SSSR count). The molecule has 2 aliphatic heterocycles. The van der Waals surface area contributed by atoms with Gasteiger partial charge in [-0.15, -0.1) is 0 Å². The largest absolute Gasteiger partial charge is 0.378 e. The van der Waals surface area contributed by atoms with Crippen molar-refractivity contribution >= 4 is 0 Å². The topological polar surface area (TPSA) is 21.8 Å². The number of epoxide rings is 1. The quantitative estimate of drug-likeness (QED) is 0.515. The standard InChI is InChI=1S/C8H14O2/c1-2-6-5-8-7(10-8)3-4-9-6/h6-8H,2-5H2,1H3/t6-,7+,8-/m0/s1. The molecule has 0 spiro atoms. The number of fused-ring (bicyclic) bond motifs is 1. The lowest BCUT2D eigenvalue weighted by Crippen LogP contribution is -2.12. The van der Waals surface area contributed by atoms with Gasteiger partial charge in [-0.05, 0) is 12.8 Å². The Labute approximate surface area is 61.5 Å². The van der Waals surface area contributed by atoms with Gasteiger partial charge < -0.3 is 9.47 Å². The molecule has 0 aromatic carbocycles. The first kappa shape index (κ1) is 6.62. The van der Waals surface area contributed by atoms with Crippen molar-refractivity contribution in [1.82, 2.24) is 0 Å². The molecule has 0 bridgehead atoms. The Morgan fingerprint density at radius 1 is 1.40 bits per heavy atom. The average molecular weight is 142 g/mol. The van der Waals surface area contributed by atoms with Crippen LogP contribution in [0.15, 0.2) is 0 Å². The third-order valence-electron chi connectivity index (χ3n) is 2.39. The SMILES string of the molecule is CC[C@H]1C[C@@H]2O[C@@H]2CCO1. The van der Waals surface area contributed by atoms with E-state index in [1.807, 2.05) is 0 Å². The molecule has 2 aliphatic rings. The van der Waals surface area contributed by atoms with Crippen LogP contribution in [0.25, 0.3) is 0 Å². The maximum Gasteiger partial charge on any atom is 0.0867 e. The van der Waals surface area contributed by atoms with E-state index in [9.17, 15) is 0 Å². The highest BCUT2D eigenvalue weighted by molar-refractivity contribution is 4.88. The van der Waals surface area contributed by atoms with Gasteiger partial charge in [-0.25, -0.2) is 0 Å². The second-order valence-corrected chi connectivity index (χ2v) is 3.14. The van der Waals surface area contributed by atoms with Crippen molar-refractivity contribution in [3.8, 4) is 0 Å².